The van der Waals surface area contributed by atoms with Crippen LogP contribution in [0.4, 0.5) is 15.1 Å². The molecule has 31 heavy (non-hydrogen) atoms. The molecule has 9 heteroatoms. The van der Waals surface area contributed by atoms with Gasteiger partial charge in [0.05, 0.1) is 18.0 Å². The second kappa shape index (κ2) is 9.48. The number of nitrogens with zero attached hydrogens (tertiary/aromatic N) is 1. The maximum atomic E-state index is 13.4. The van der Waals surface area contributed by atoms with E-state index in [1.807, 2.05) is 0 Å². The second-order valence-electron chi connectivity index (χ2n) is 6.61. The summed E-state index contributed by atoms with van der Waals surface area (Å²) < 4.78 is 18.5. The lowest BCUT2D eigenvalue weighted by Gasteiger charge is -2.09. The number of ether oxygens (including phenoxy) is 1. The van der Waals surface area contributed by atoms with Crippen molar-refractivity contribution in [1.29, 1.82) is 0 Å². The molecule has 0 fully saturated rings. The second-order valence-corrected chi connectivity index (χ2v) is 7.84. The summed E-state index contributed by atoms with van der Waals surface area (Å²) in [6.45, 7) is 3.65. The fourth-order valence-corrected chi connectivity index (χ4v) is 4.17. The molecule has 160 valence electrons. The van der Waals surface area contributed by atoms with Crippen molar-refractivity contribution in [2.75, 3.05) is 11.9 Å². The molecule has 1 amide bonds. The molecule has 1 N–H and O–H groups in total. The van der Waals surface area contributed by atoms with E-state index in [1.54, 1.807) is 26.0 Å². The molecule has 3 rings (SSSR count). The third-order valence-corrected chi connectivity index (χ3v) is 5.48. The topological polar surface area (TPSA) is 98.5 Å². The smallest absolute Gasteiger partial charge is 0.341 e. The Hall–Kier alpha value is -3.59. The van der Waals surface area contributed by atoms with Gasteiger partial charge >= 0.3 is 5.97 Å². The number of aryl methyl sites for hydroxylation is 1. The van der Waals surface area contributed by atoms with E-state index in [0.717, 1.165) is 4.88 Å². The van der Waals surface area contributed by atoms with Crippen LogP contribution in [0, 0.1) is 22.9 Å². The molecule has 0 aliphatic heterocycles. The van der Waals surface area contributed by atoms with Crippen LogP contribution in [0.15, 0.2) is 48.5 Å². The summed E-state index contributed by atoms with van der Waals surface area (Å²) in [6, 6.07) is 11.4. The highest BCUT2D eigenvalue weighted by Crippen LogP contribution is 2.40. The first-order valence-corrected chi connectivity index (χ1v) is 10.2. The monoisotopic (exact) mass is 442 g/mol. The Morgan fingerprint density at radius 2 is 1.77 bits per heavy atom. The molecule has 7 nitrogen and oxygen atoms in total. The van der Waals surface area contributed by atoms with Gasteiger partial charge in [-0.15, -0.1) is 11.3 Å². The number of nitro groups is 1. The number of hydrogen-bond acceptors (Lipinski definition) is 6. The van der Waals surface area contributed by atoms with Gasteiger partial charge in [0.2, 0.25) is 5.91 Å². The summed E-state index contributed by atoms with van der Waals surface area (Å²) in [5.74, 6) is -1.37. The average molecular weight is 442 g/mol. The molecule has 0 atom stereocenters. The summed E-state index contributed by atoms with van der Waals surface area (Å²) >= 11 is 1.22. The SMILES string of the molecule is CCOC(=O)c1c(NC(=O)Cc2ccc([N+](=O)[O-])cc2)sc(C)c1-c1ccc(F)cc1. The predicted octanol–water partition coefficient (Wildman–Crippen LogP) is 5.13. The molecule has 0 aliphatic rings. The van der Waals surface area contributed by atoms with Gasteiger partial charge < -0.3 is 10.1 Å². The summed E-state index contributed by atoms with van der Waals surface area (Å²) in [7, 11) is 0. The number of hydrogen-bond donors (Lipinski definition) is 1. The minimum Gasteiger partial charge on any atom is -0.462 e. The maximum absolute atomic E-state index is 13.4. The predicted molar refractivity (Wildman–Crippen MR) is 116 cm³/mol. The van der Waals surface area contributed by atoms with Crippen LogP contribution >= 0.6 is 11.3 Å². The van der Waals surface area contributed by atoms with Crippen molar-refractivity contribution in [3.63, 3.8) is 0 Å². The van der Waals surface area contributed by atoms with E-state index in [9.17, 15) is 24.1 Å². The van der Waals surface area contributed by atoms with Crippen LogP contribution in [-0.2, 0) is 16.0 Å². The van der Waals surface area contributed by atoms with Crippen LogP contribution in [0.5, 0.6) is 0 Å². The number of thiophene rings is 1. The van der Waals surface area contributed by atoms with Gasteiger partial charge in [0.25, 0.3) is 5.69 Å². The number of carbonyl (C=O) groups excluding carboxylic acids is 2. The van der Waals surface area contributed by atoms with Crippen molar-refractivity contribution in [2.45, 2.75) is 20.3 Å². The molecule has 0 saturated heterocycles. The van der Waals surface area contributed by atoms with Gasteiger partial charge in [0.15, 0.2) is 0 Å². The van der Waals surface area contributed by atoms with Crippen molar-refractivity contribution in [3.8, 4) is 11.1 Å². The Bertz CT molecular complexity index is 1120. The molecular formula is C22H19FN2O5S. The van der Waals surface area contributed by atoms with Gasteiger partial charge in [-0.3, -0.25) is 14.9 Å². The van der Waals surface area contributed by atoms with Crippen molar-refractivity contribution >= 4 is 33.9 Å². The minimum absolute atomic E-state index is 0.0247. The number of anilines is 1. The quantitative estimate of drug-likeness (QED) is 0.311. The number of carbonyl (C=O) groups is 2. The van der Waals surface area contributed by atoms with Gasteiger partial charge in [-0.1, -0.05) is 24.3 Å². The van der Waals surface area contributed by atoms with E-state index >= 15 is 0 Å². The third-order valence-electron chi connectivity index (χ3n) is 4.46. The van der Waals surface area contributed by atoms with Crippen LogP contribution in [0.1, 0.15) is 27.7 Å². The zero-order valence-electron chi connectivity index (χ0n) is 16.8. The normalized spacial score (nSPS) is 10.5. The minimum atomic E-state index is -0.586. The zero-order valence-corrected chi connectivity index (χ0v) is 17.6. The number of non-ortho nitro benzene ring substituents is 1. The number of nitro benzene ring substituents is 1. The molecule has 0 saturated carbocycles. The number of rotatable bonds is 7. The molecule has 1 heterocycles. The molecule has 3 aromatic rings. The molecular weight excluding hydrogens is 423 g/mol. The van der Waals surface area contributed by atoms with Gasteiger partial charge in [0.1, 0.15) is 16.4 Å². The van der Waals surface area contributed by atoms with Gasteiger partial charge in [-0.05, 0) is 37.1 Å². The highest BCUT2D eigenvalue weighted by molar-refractivity contribution is 7.17. The Morgan fingerprint density at radius 3 is 2.35 bits per heavy atom. The van der Waals surface area contributed by atoms with Crippen LogP contribution in [-0.4, -0.2) is 23.4 Å². The number of halogens is 1. The van der Waals surface area contributed by atoms with E-state index in [0.29, 0.717) is 21.7 Å². The van der Waals surface area contributed by atoms with E-state index < -0.39 is 16.7 Å². The molecule has 0 aliphatic carbocycles. The summed E-state index contributed by atoms with van der Waals surface area (Å²) in [6.07, 6.45) is -0.0247. The maximum Gasteiger partial charge on any atom is 0.341 e. The number of amides is 1. The highest BCUT2D eigenvalue weighted by Gasteiger charge is 2.25. The van der Waals surface area contributed by atoms with Gasteiger partial charge in [0, 0.05) is 22.6 Å². The first-order valence-electron chi connectivity index (χ1n) is 9.39. The molecule has 0 bridgehead atoms. The van der Waals surface area contributed by atoms with E-state index in [-0.39, 0.29) is 30.2 Å². The number of nitrogens with one attached hydrogen (secondary N) is 1. The summed E-state index contributed by atoms with van der Waals surface area (Å²) in [4.78, 5) is 36.3. The van der Waals surface area contributed by atoms with E-state index in [4.69, 9.17) is 4.74 Å². The van der Waals surface area contributed by atoms with Crippen molar-refractivity contribution in [3.05, 3.63) is 80.5 Å². The molecule has 1 aromatic heterocycles. The Labute approximate surface area is 181 Å². The highest BCUT2D eigenvalue weighted by atomic mass is 32.1. The number of benzene rings is 2. The Morgan fingerprint density at radius 1 is 1.13 bits per heavy atom. The first-order chi connectivity index (χ1) is 14.8. The largest absolute Gasteiger partial charge is 0.462 e. The third kappa shape index (κ3) is 5.13. The molecule has 2 aromatic carbocycles. The van der Waals surface area contributed by atoms with Gasteiger partial charge in [-0.2, -0.15) is 0 Å². The standard InChI is InChI=1S/C22H19FN2O5S/c1-3-30-22(27)20-19(15-6-8-16(23)9-7-15)13(2)31-21(20)24-18(26)12-14-4-10-17(11-5-14)25(28)29/h4-11H,3,12H2,1-2H3,(H,24,26). The van der Waals surface area contributed by atoms with Crippen LogP contribution in [0.3, 0.4) is 0 Å². The van der Waals surface area contributed by atoms with Crippen LogP contribution in [0.2, 0.25) is 0 Å². The van der Waals surface area contributed by atoms with Crippen molar-refractivity contribution in [2.24, 2.45) is 0 Å². The van der Waals surface area contributed by atoms with Crippen molar-refractivity contribution < 1.29 is 23.6 Å². The fraction of sp³-hybridized carbons (Fsp3) is 0.182. The van der Waals surface area contributed by atoms with E-state index in [1.165, 1.54) is 47.7 Å². The lowest BCUT2D eigenvalue weighted by Crippen LogP contribution is -2.16. The van der Waals surface area contributed by atoms with Gasteiger partial charge in [-0.25, -0.2) is 9.18 Å². The Balaban J connectivity index is 1.90. The molecule has 0 radical (unpaired) electrons. The molecule has 0 unspecified atom stereocenters. The van der Waals surface area contributed by atoms with E-state index in [2.05, 4.69) is 5.32 Å². The average Bonchev–Trinajstić information content (AvgIpc) is 3.04. The van der Waals surface area contributed by atoms with Crippen LogP contribution < -0.4 is 5.32 Å². The summed E-state index contributed by atoms with van der Waals surface area (Å²) in [5, 5.41) is 13.8. The lowest BCUT2D eigenvalue weighted by atomic mass is 10.0. The first kappa shape index (κ1) is 22.1. The fourth-order valence-electron chi connectivity index (χ4n) is 3.09. The lowest BCUT2D eigenvalue weighted by molar-refractivity contribution is -0.384. The zero-order chi connectivity index (χ0) is 22.5. The number of esters is 1. The Kier molecular flexibility index (Phi) is 6.76. The summed E-state index contributed by atoms with van der Waals surface area (Å²) in [5.41, 5.74) is 1.95. The van der Waals surface area contributed by atoms with Crippen molar-refractivity contribution in [1.82, 2.24) is 0 Å². The van der Waals surface area contributed by atoms with Crippen LogP contribution in [0.25, 0.3) is 11.1 Å². The molecule has 0 spiro atoms.